The zero-order chi connectivity index (χ0) is 18.4. The van der Waals surface area contributed by atoms with Crippen molar-refractivity contribution in [3.05, 3.63) is 30.0 Å². The number of aromatic nitrogens is 2. The molecule has 0 radical (unpaired) electrons. The Hall–Kier alpha value is -2.68. The van der Waals surface area contributed by atoms with Gasteiger partial charge in [-0.15, -0.1) is 0 Å². The van der Waals surface area contributed by atoms with Gasteiger partial charge in [-0.2, -0.15) is 5.26 Å². The summed E-state index contributed by atoms with van der Waals surface area (Å²) in [5.41, 5.74) is 1.64. The van der Waals surface area contributed by atoms with E-state index in [-0.39, 0.29) is 17.8 Å². The minimum absolute atomic E-state index is 0.139. The number of hydrogen-bond acceptors (Lipinski definition) is 5. The summed E-state index contributed by atoms with van der Waals surface area (Å²) in [7, 11) is 0. The highest BCUT2D eigenvalue weighted by atomic mass is 16.5. The van der Waals surface area contributed by atoms with Crippen molar-refractivity contribution in [2.45, 2.75) is 57.4 Å². The summed E-state index contributed by atoms with van der Waals surface area (Å²) < 4.78 is 5.71. The largest absolute Gasteiger partial charge is 0.476 e. The molecule has 6 heteroatoms. The molecular weight excluding hydrogens is 328 g/mol. The van der Waals surface area contributed by atoms with Gasteiger partial charge in [0, 0.05) is 6.04 Å². The van der Waals surface area contributed by atoms with Crippen molar-refractivity contribution in [2.75, 3.05) is 6.61 Å². The number of nitrogens with zero attached hydrogens (tertiary/aromatic N) is 3. The van der Waals surface area contributed by atoms with E-state index >= 15 is 0 Å². The molecule has 3 rings (SSSR count). The van der Waals surface area contributed by atoms with Crippen molar-refractivity contribution in [3.63, 3.8) is 0 Å². The van der Waals surface area contributed by atoms with Crippen LogP contribution in [0.15, 0.2) is 24.3 Å². The molecule has 0 aliphatic heterocycles. The topological polar surface area (TPSA) is 87.9 Å². The number of benzene rings is 1. The molecule has 1 heterocycles. The molecule has 6 nitrogen and oxygen atoms in total. The summed E-state index contributed by atoms with van der Waals surface area (Å²) in [6.45, 7) is 2.45. The number of nitrogens with one attached hydrogen (secondary N) is 1. The van der Waals surface area contributed by atoms with Gasteiger partial charge in [-0.05, 0) is 31.4 Å². The van der Waals surface area contributed by atoms with E-state index in [9.17, 15) is 10.1 Å². The van der Waals surface area contributed by atoms with Gasteiger partial charge in [0.05, 0.1) is 23.7 Å². The van der Waals surface area contributed by atoms with E-state index in [1.54, 1.807) is 0 Å². The van der Waals surface area contributed by atoms with Gasteiger partial charge in [-0.1, -0.05) is 38.3 Å². The lowest BCUT2D eigenvalue weighted by molar-refractivity contribution is -0.122. The number of rotatable bonds is 6. The molecule has 1 atom stereocenters. The average molecular weight is 352 g/mol. The lowest BCUT2D eigenvalue weighted by Crippen LogP contribution is -2.39. The van der Waals surface area contributed by atoms with Crippen molar-refractivity contribution in [1.82, 2.24) is 15.3 Å². The van der Waals surface area contributed by atoms with E-state index < -0.39 is 5.92 Å². The third kappa shape index (κ3) is 4.10. The molecule has 1 aliphatic rings. The van der Waals surface area contributed by atoms with Crippen LogP contribution in [-0.2, 0) is 4.79 Å². The Labute approximate surface area is 153 Å². The fourth-order valence-corrected chi connectivity index (χ4v) is 3.27. The Morgan fingerprint density at radius 2 is 1.96 bits per heavy atom. The van der Waals surface area contributed by atoms with E-state index in [1.807, 2.05) is 31.2 Å². The summed E-state index contributed by atoms with van der Waals surface area (Å²) in [6.07, 6.45) is 6.17. The maximum atomic E-state index is 12.7. The van der Waals surface area contributed by atoms with Crippen LogP contribution in [0.1, 0.15) is 57.1 Å². The van der Waals surface area contributed by atoms with Crippen molar-refractivity contribution in [2.24, 2.45) is 0 Å². The van der Waals surface area contributed by atoms with E-state index in [2.05, 4.69) is 21.4 Å². The van der Waals surface area contributed by atoms with Crippen LogP contribution in [-0.4, -0.2) is 28.5 Å². The number of amides is 1. The highest BCUT2D eigenvalue weighted by Gasteiger charge is 2.29. The molecule has 1 fully saturated rings. The standard InChI is InChI=1S/C20H24N4O2/c1-2-12-26-20-18(23-16-10-6-7-11-17(16)24-20)15(13-21)19(25)22-14-8-4-3-5-9-14/h6-7,10-11,14-15H,2-5,8-9,12H2,1H3,(H,22,25). The second-order valence-corrected chi connectivity index (χ2v) is 6.66. The Morgan fingerprint density at radius 3 is 2.62 bits per heavy atom. The summed E-state index contributed by atoms with van der Waals surface area (Å²) in [6, 6.07) is 9.63. The smallest absolute Gasteiger partial charge is 0.243 e. The number of hydrogen-bond donors (Lipinski definition) is 1. The maximum Gasteiger partial charge on any atom is 0.243 e. The Morgan fingerprint density at radius 1 is 1.27 bits per heavy atom. The van der Waals surface area contributed by atoms with Gasteiger partial charge in [-0.25, -0.2) is 9.97 Å². The molecular formula is C20H24N4O2. The van der Waals surface area contributed by atoms with Crippen LogP contribution in [0.2, 0.25) is 0 Å². The highest BCUT2D eigenvalue weighted by molar-refractivity contribution is 5.87. The molecule has 1 saturated carbocycles. The number of para-hydroxylation sites is 2. The monoisotopic (exact) mass is 352 g/mol. The predicted octanol–water partition coefficient (Wildman–Crippen LogP) is 3.47. The van der Waals surface area contributed by atoms with Crippen LogP contribution in [0.5, 0.6) is 5.88 Å². The summed E-state index contributed by atoms with van der Waals surface area (Å²) in [4.78, 5) is 21.8. The molecule has 1 aliphatic carbocycles. The molecule has 2 aromatic rings. The molecule has 0 bridgehead atoms. The molecule has 1 amide bonds. The molecule has 26 heavy (non-hydrogen) atoms. The second kappa shape index (κ2) is 8.61. The average Bonchev–Trinajstić information content (AvgIpc) is 2.67. The zero-order valence-corrected chi connectivity index (χ0v) is 15.1. The fourth-order valence-electron chi connectivity index (χ4n) is 3.27. The highest BCUT2D eigenvalue weighted by Crippen LogP contribution is 2.27. The number of carbonyl (C=O) groups is 1. The van der Waals surface area contributed by atoms with Crippen LogP contribution in [0.4, 0.5) is 0 Å². The van der Waals surface area contributed by atoms with Crippen LogP contribution in [0.25, 0.3) is 11.0 Å². The molecule has 0 saturated heterocycles. The summed E-state index contributed by atoms with van der Waals surface area (Å²) >= 11 is 0. The van der Waals surface area contributed by atoms with Crippen LogP contribution in [0, 0.1) is 11.3 Å². The molecule has 1 N–H and O–H groups in total. The van der Waals surface area contributed by atoms with Crippen LogP contribution in [0.3, 0.4) is 0 Å². The normalized spacial score (nSPS) is 16.0. The first-order valence-electron chi connectivity index (χ1n) is 9.32. The fraction of sp³-hybridized carbons (Fsp3) is 0.500. The maximum absolute atomic E-state index is 12.7. The lowest BCUT2D eigenvalue weighted by Gasteiger charge is -2.24. The lowest BCUT2D eigenvalue weighted by atomic mass is 9.94. The number of fused-ring (bicyclic) bond motifs is 1. The molecule has 0 spiro atoms. The van der Waals surface area contributed by atoms with Gasteiger partial charge in [-0.3, -0.25) is 4.79 Å². The second-order valence-electron chi connectivity index (χ2n) is 6.66. The van der Waals surface area contributed by atoms with Gasteiger partial charge >= 0.3 is 0 Å². The first-order valence-corrected chi connectivity index (χ1v) is 9.32. The van der Waals surface area contributed by atoms with Gasteiger partial charge in [0.25, 0.3) is 0 Å². The molecule has 1 unspecified atom stereocenters. The van der Waals surface area contributed by atoms with E-state index in [0.717, 1.165) is 32.1 Å². The van der Waals surface area contributed by atoms with Crippen molar-refractivity contribution in [3.8, 4) is 11.9 Å². The number of ether oxygens (including phenoxy) is 1. The summed E-state index contributed by atoms with van der Waals surface area (Å²) in [5, 5.41) is 12.7. The minimum Gasteiger partial charge on any atom is -0.476 e. The predicted molar refractivity (Wildman–Crippen MR) is 98.7 cm³/mol. The number of nitriles is 1. The van der Waals surface area contributed by atoms with E-state index in [1.165, 1.54) is 6.42 Å². The summed E-state index contributed by atoms with van der Waals surface area (Å²) in [5.74, 6) is -1.07. The van der Waals surface area contributed by atoms with E-state index in [4.69, 9.17) is 4.74 Å². The van der Waals surface area contributed by atoms with Gasteiger partial charge in [0.1, 0.15) is 5.69 Å². The Bertz CT molecular complexity index is 809. The van der Waals surface area contributed by atoms with Gasteiger partial charge in [0.15, 0.2) is 5.92 Å². The number of carbonyl (C=O) groups excluding carboxylic acids is 1. The van der Waals surface area contributed by atoms with Crippen molar-refractivity contribution < 1.29 is 9.53 Å². The quantitative estimate of drug-likeness (QED) is 0.860. The van der Waals surface area contributed by atoms with E-state index in [0.29, 0.717) is 23.3 Å². The van der Waals surface area contributed by atoms with Gasteiger partial charge in [0.2, 0.25) is 11.8 Å². The van der Waals surface area contributed by atoms with Crippen molar-refractivity contribution in [1.29, 1.82) is 5.26 Å². The van der Waals surface area contributed by atoms with Crippen LogP contribution < -0.4 is 10.1 Å². The minimum atomic E-state index is -1.03. The third-order valence-corrected chi connectivity index (χ3v) is 4.62. The third-order valence-electron chi connectivity index (χ3n) is 4.62. The first kappa shape index (κ1) is 18.1. The van der Waals surface area contributed by atoms with Crippen molar-refractivity contribution >= 4 is 16.9 Å². The van der Waals surface area contributed by atoms with Crippen LogP contribution >= 0.6 is 0 Å². The Kier molecular flexibility index (Phi) is 6.00. The first-order chi connectivity index (χ1) is 12.7. The van der Waals surface area contributed by atoms with Gasteiger partial charge < -0.3 is 10.1 Å². The molecule has 136 valence electrons. The zero-order valence-electron chi connectivity index (χ0n) is 15.1. The Balaban J connectivity index is 1.91. The molecule has 1 aromatic heterocycles. The SMILES string of the molecule is CCCOc1nc2ccccc2nc1C(C#N)C(=O)NC1CCCCC1. The molecule has 1 aromatic carbocycles.